The van der Waals surface area contributed by atoms with Gasteiger partial charge in [0.1, 0.15) is 0 Å². The minimum Gasteiger partial charge on any atom is -0.396 e. The smallest absolute Gasteiger partial charge is 0.396 e. The van der Waals surface area contributed by atoms with Gasteiger partial charge in [-0.25, -0.2) is 22.8 Å². The SMILES string of the molecule is [3H]C(CO)OP(=O)(OCCCC1CCCC1)OCOP(=O)(O)OCC(C)(COCCCCCCS)COP(=O)(O)OCC(C)(COCCCCCCS)COP(=O)(O)OCC(C)(COCCCCCCS)COP(=O)(O)OCC(C)(CO)COCCCCCCS. The quantitative estimate of drug-likeness (QED) is 0.0117. The number of hydrogen-bond donors (Lipinski definition) is 10. The molecule has 1 saturated carbocycles. The van der Waals surface area contributed by atoms with Crippen LogP contribution in [0.2, 0.25) is 0 Å². The second kappa shape index (κ2) is 50.9. The van der Waals surface area contributed by atoms with Gasteiger partial charge in [0.15, 0.2) is 6.79 Å². The minimum absolute atomic E-state index is 0.0409. The summed E-state index contributed by atoms with van der Waals surface area (Å²) in [5.74, 6) is 3.47. The van der Waals surface area contributed by atoms with Gasteiger partial charge in [0, 0.05) is 48.1 Å². The molecule has 1 aliphatic carbocycles. The van der Waals surface area contributed by atoms with E-state index in [-0.39, 0.29) is 52.9 Å². The predicted octanol–water partition coefficient (Wildman–Crippen LogP) is 12.6. The highest BCUT2D eigenvalue weighted by molar-refractivity contribution is 7.80. The first-order valence-electron chi connectivity index (χ1n) is 32.0. The molecule has 540 valence electrons. The maximum absolute atomic E-state index is 13.8. The summed E-state index contributed by atoms with van der Waals surface area (Å²) >= 11 is 17.0. The topological polar surface area (TPSA) is 345 Å². The first-order valence-corrected chi connectivity index (χ1v) is 41.4. The van der Waals surface area contributed by atoms with Crippen molar-refractivity contribution < 1.29 is 123 Å². The molecule has 0 amide bonds. The molecule has 0 aromatic rings. The van der Waals surface area contributed by atoms with Gasteiger partial charge in [-0.15, -0.1) is 0 Å². The van der Waals surface area contributed by atoms with Crippen LogP contribution in [0.3, 0.4) is 0 Å². The number of phosphoric acid groups is 5. The summed E-state index contributed by atoms with van der Waals surface area (Å²) < 4.78 is 157. The Morgan fingerprint density at radius 3 is 0.989 bits per heavy atom. The summed E-state index contributed by atoms with van der Waals surface area (Å²) in [5, 5.41) is 19.5. The number of hydrogen-bond acceptors (Lipinski definition) is 26. The van der Waals surface area contributed by atoms with E-state index in [0.29, 0.717) is 49.7 Å². The third kappa shape index (κ3) is 47.7. The van der Waals surface area contributed by atoms with Gasteiger partial charge in [0.2, 0.25) is 0 Å². The molecule has 10 atom stereocenters. The molecule has 0 heterocycles. The third-order valence-electron chi connectivity index (χ3n) is 14.2. The molecule has 0 aromatic heterocycles. The number of aliphatic hydroxyl groups excluding tert-OH is 2. The molecule has 90 heavy (non-hydrogen) atoms. The minimum atomic E-state index is -5.09. The third-order valence-corrected chi connectivity index (χ3v) is 20.4. The molecule has 10 unspecified atom stereocenters. The van der Waals surface area contributed by atoms with E-state index in [9.17, 15) is 52.6 Å². The van der Waals surface area contributed by atoms with Gasteiger partial charge in [-0.3, -0.25) is 49.8 Å². The van der Waals surface area contributed by atoms with Gasteiger partial charge in [0.25, 0.3) is 0 Å². The molecule has 0 aliphatic heterocycles. The first-order chi connectivity index (χ1) is 43.0. The fraction of sp³-hybridized carbons (Fsp3) is 1.00. The van der Waals surface area contributed by atoms with Gasteiger partial charge in [0.05, 0.1) is 100 Å². The Bertz CT molecular complexity index is 2090. The lowest BCUT2D eigenvalue weighted by Crippen LogP contribution is -2.36. The summed E-state index contributed by atoms with van der Waals surface area (Å²) in [6.07, 6.45) is 19.3. The molecule has 0 bridgehead atoms. The molecule has 0 radical (unpaired) electrons. The number of phosphoric ester groups is 5. The van der Waals surface area contributed by atoms with Crippen molar-refractivity contribution >= 4 is 89.6 Å². The highest BCUT2D eigenvalue weighted by Crippen LogP contribution is 2.54. The molecule has 35 heteroatoms. The summed E-state index contributed by atoms with van der Waals surface area (Å²) in [4.78, 5) is 43.9. The lowest BCUT2D eigenvalue weighted by atomic mass is 9.94. The van der Waals surface area contributed by atoms with Gasteiger partial charge in [-0.1, -0.05) is 105 Å². The van der Waals surface area contributed by atoms with Crippen molar-refractivity contribution in [2.75, 3.05) is 155 Å². The summed E-state index contributed by atoms with van der Waals surface area (Å²) in [6.45, 7) is -1.76. The standard InChI is InChI=1S/C55H115O26P5S4/c1-52(38-57,39-67-28-15-5-9-19-34-87)43-73-82(58,59)74-44-53(2,40-68-29-16-6-10-20-35-88)45-75-83(60,61)76-46-54(3,41-69-30-17-7-11-21-36-89)47-77-84(62,63)78-48-55(4,42-70-31-18-8-12-22-37-90)49-79-85(64,65)80-50-81-86(66,72-33-27-56)71-32-23-26-51-24-13-14-25-51/h51,56-57,87-90H,5-50H2,1-4H3,(H,58,59)(H,60,61)(H,62,63)(H,64,65)/i33T. The molecule has 1 rings (SSSR count). The van der Waals surface area contributed by atoms with E-state index in [2.05, 4.69) is 50.5 Å². The van der Waals surface area contributed by atoms with Crippen molar-refractivity contribution in [3.8, 4) is 0 Å². The van der Waals surface area contributed by atoms with Crippen molar-refractivity contribution in [2.24, 2.45) is 27.6 Å². The Hall–Kier alpha value is 1.71. The Balaban J connectivity index is 3.25. The second-order valence-corrected chi connectivity index (χ2v) is 33.6. The number of unbranched alkanes of at least 4 members (excludes halogenated alkanes) is 12. The monoisotopic (exact) mass is 1480 g/mol. The van der Waals surface area contributed by atoms with E-state index in [1.807, 2.05) is 0 Å². The van der Waals surface area contributed by atoms with Crippen LogP contribution in [0.25, 0.3) is 0 Å². The van der Waals surface area contributed by atoms with Crippen molar-refractivity contribution in [1.82, 2.24) is 0 Å². The lowest BCUT2D eigenvalue weighted by Gasteiger charge is -2.33. The van der Waals surface area contributed by atoms with E-state index in [1.54, 1.807) is 13.8 Å². The van der Waals surface area contributed by atoms with E-state index in [4.69, 9.17) is 70.1 Å². The van der Waals surface area contributed by atoms with Gasteiger partial charge in [-0.05, 0) is 93.1 Å². The fourth-order valence-corrected chi connectivity index (χ4v) is 14.3. The first kappa shape index (κ1) is 87.8. The molecule has 0 spiro atoms. The van der Waals surface area contributed by atoms with E-state index >= 15 is 0 Å². The van der Waals surface area contributed by atoms with Gasteiger partial charge >= 0.3 is 39.1 Å². The van der Waals surface area contributed by atoms with Crippen LogP contribution in [0.5, 0.6) is 0 Å². The number of aliphatic hydroxyl groups is 2. The number of rotatable bonds is 66. The van der Waals surface area contributed by atoms with Crippen LogP contribution >= 0.6 is 89.6 Å². The van der Waals surface area contributed by atoms with Crippen LogP contribution in [0.4, 0.5) is 0 Å². The molecule has 26 nitrogen and oxygen atoms in total. The normalized spacial score (nSPS) is 20.0. The number of thiol groups is 4. The van der Waals surface area contributed by atoms with Crippen molar-refractivity contribution in [2.45, 2.75) is 169 Å². The predicted molar refractivity (Wildman–Crippen MR) is 358 cm³/mol. The number of ether oxygens (including phenoxy) is 4. The summed E-state index contributed by atoms with van der Waals surface area (Å²) in [5.41, 5.74) is -5.32. The summed E-state index contributed by atoms with van der Waals surface area (Å²) in [6, 6.07) is 0. The molecular weight excluding hydrogens is 1360 g/mol. The molecule has 1 fully saturated rings. The average Bonchev–Trinajstić information content (AvgIpc) is 4.32. The van der Waals surface area contributed by atoms with Crippen molar-refractivity contribution in [3.05, 3.63) is 0 Å². The zero-order valence-electron chi connectivity index (χ0n) is 54.8. The molecule has 0 aromatic carbocycles. The zero-order chi connectivity index (χ0) is 68.1. The van der Waals surface area contributed by atoms with Crippen LogP contribution in [0, 0.1) is 27.6 Å². The Morgan fingerprint density at radius 1 is 0.378 bits per heavy atom. The van der Waals surface area contributed by atoms with Crippen molar-refractivity contribution in [3.63, 3.8) is 0 Å². The largest absolute Gasteiger partial charge is 0.477 e. The molecule has 1 aliphatic rings. The van der Waals surface area contributed by atoms with Crippen LogP contribution in [-0.2, 0) is 91.5 Å². The van der Waals surface area contributed by atoms with Crippen LogP contribution in [0.1, 0.15) is 170 Å². The van der Waals surface area contributed by atoms with Crippen LogP contribution < -0.4 is 0 Å². The van der Waals surface area contributed by atoms with Crippen LogP contribution in [-0.4, -0.2) is 185 Å². The highest BCUT2D eigenvalue weighted by Gasteiger charge is 2.41. The van der Waals surface area contributed by atoms with Gasteiger partial charge in [-0.2, -0.15) is 50.5 Å². The van der Waals surface area contributed by atoms with E-state index in [1.165, 1.54) is 13.8 Å². The van der Waals surface area contributed by atoms with Gasteiger partial charge < -0.3 is 48.7 Å². The van der Waals surface area contributed by atoms with Crippen molar-refractivity contribution in [1.29, 1.82) is 0 Å². The summed E-state index contributed by atoms with van der Waals surface area (Å²) in [7, 11) is -24.6. The Labute approximate surface area is 561 Å². The van der Waals surface area contributed by atoms with E-state index < -0.39 is 134 Å². The fourth-order valence-electron chi connectivity index (χ4n) is 8.50. The Kier molecular flexibility index (Phi) is 49.7. The Morgan fingerprint density at radius 2 is 0.678 bits per heavy atom. The highest BCUT2D eigenvalue weighted by atomic mass is 32.1. The maximum atomic E-state index is 13.8. The molecule has 6 N–H and O–H groups in total. The van der Waals surface area contributed by atoms with E-state index in [0.717, 1.165) is 127 Å². The van der Waals surface area contributed by atoms with Crippen LogP contribution in [0.15, 0.2) is 0 Å². The average molecular weight is 1480 g/mol. The second-order valence-electron chi connectivity index (χ2n) is 24.4. The zero-order valence-corrected chi connectivity index (χ0v) is 61.9. The molecular formula is C55H115O26P5S4. The molecule has 0 saturated heterocycles. The lowest BCUT2D eigenvalue weighted by molar-refractivity contribution is -0.0429. The maximum Gasteiger partial charge on any atom is 0.477 e.